The van der Waals surface area contributed by atoms with E-state index in [1.807, 2.05) is 17.7 Å². The summed E-state index contributed by atoms with van der Waals surface area (Å²) in [5, 5.41) is 3.86. The van der Waals surface area contributed by atoms with Crippen molar-refractivity contribution < 1.29 is 4.79 Å². The fraction of sp³-hybridized carbons (Fsp3) is 0.556. The lowest BCUT2D eigenvalue weighted by Gasteiger charge is -2.36. The molecule has 0 saturated carbocycles. The highest BCUT2D eigenvalue weighted by Gasteiger charge is 2.28. The first-order valence-electron chi connectivity index (χ1n) is 8.56. The highest BCUT2D eigenvalue weighted by atomic mass is 32.1. The van der Waals surface area contributed by atoms with Gasteiger partial charge in [0.2, 0.25) is 0 Å². The summed E-state index contributed by atoms with van der Waals surface area (Å²) in [7, 11) is 3.67. The Kier molecular flexibility index (Phi) is 5.06. The number of carbonyl (C=O) groups excluding carboxylic acids is 1. The molecule has 0 unspecified atom stereocenters. The van der Waals surface area contributed by atoms with Crippen molar-refractivity contribution in [3.05, 3.63) is 39.1 Å². The average molecular weight is 347 g/mol. The molecule has 1 aliphatic rings. The molecule has 0 aromatic carbocycles. The maximum absolute atomic E-state index is 12.0. The molecule has 5 nitrogen and oxygen atoms in total. The van der Waals surface area contributed by atoms with Crippen LogP contribution in [0.3, 0.4) is 0 Å². The topological polar surface area (TPSA) is 50.2 Å². The number of aryl methyl sites for hydroxylation is 2. The number of nitrogens with zero attached hydrogens (tertiary/aromatic N) is 3. The number of rotatable bonds is 4. The Labute approximate surface area is 147 Å². The van der Waals surface area contributed by atoms with E-state index in [1.165, 1.54) is 23.4 Å². The Balaban J connectivity index is 1.86. The molecule has 130 valence electrons. The summed E-state index contributed by atoms with van der Waals surface area (Å²) in [5.41, 5.74) is 3.11. The van der Waals surface area contributed by atoms with Crippen LogP contribution in [0.5, 0.6) is 0 Å². The van der Waals surface area contributed by atoms with Crippen molar-refractivity contribution in [2.24, 2.45) is 7.05 Å². The van der Waals surface area contributed by atoms with E-state index in [0.717, 1.165) is 35.9 Å². The summed E-state index contributed by atoms with van der Waals surface area (Å²) in [4.78, 5) is 20.5. The quantitative estimate of drug-likeness (QED) is 0.925. The van der Waals surface area contributed by atoms with E-state index in [4.69, 9.17) is 0 Å². The molecule has 0 spiro atoms. The first-order valence-corrected chi connectivity index (χ1v) is 9.37. The Bertz CT molecular complexity index is 733. The molecular formula is C18H26N4OS. The molecule has 2 aromatic heterocycles. The fourth-order valence-electron chi connectivity index (χ4n) is 3.64. The molecule has 24 heavy (non-hydrogen) atoms. The van der Waals surface area contributed by atoms with Gasteiger partial charge in [-0.1, -0.05) is 6.42 Å². The van der Waals surface area contributed by atoms with Gasteiger partial charge in [0.1, 0.15) is 5.69 Å². The fourth-order valence-corrected chi connectivity index (χ4v) is 4.60. The maximum atomic E-state index is 12.0. The number of hydrogen-bond acceptors (Lipinski definition) is 4. The van der Waals surface area contributed by atoms with Gasteiger partial charge in [-0.2, -0.15) is 0 Å². The minimum Gasteiger partial charge on any atom is -0.354 e. The van der Waals surface area contributed by atoms with E-state index < -0.39 is 0 Å². The smallest absolute Gasteiger partial charge is 0.267 e. The summed E-state index contributed by atoms with van der Waals surface area (Å²) in [5.74, 6) is -0.0277. The lowest BCUT2D eigenvalue weighted by Crippen LogP contribution is -2.34. The molecule has 0 aliphatic carbocycles. The molecule has 2 aromatic rings. The largest absolute Gasteiger partial charge is 0.354 e. The number of hydrogen-bond donors (Lipinski definition) is 1. The molecule has 3 rings (SSSR count). The van der Waals surface area contributed by atoms with Crippen LogP contribution in [-0.2, 0) is 13.6 Å². The minimum atomic E-state index is -0.0277. The van der Waals surface area contributed by atoms with Gasteiger partial charge in [0.15, 0.2) is 0 Å². The summed E-state index contributed by atoms with van der Waals surface area (Å²) in [6.45, 7) is 6.22. The molecule has 1 fully saturated rings. The zero-order valence-electron chi connectivity index (χ0n) is 14.9. The highest BCUT2D eigenvalue weighted by molar-refractivity contribution is 7.11. The van der Waals surface area contributed by atoms with Crippen molar-refractivity contribution >= 4 is 17.2 Å². The molecule has 3 heterocycles. The van der Waals surface area contributed by atoms with Crippen LogP contribution in [0, 0.1) is 13.8 Å². The van der Waals surface area contributed by atoms with Crippen LogP contribution in [0.1, 0.15) is 57.1 Å². The predicted octanol–water partition coefficient (Wildman–Crippen LogP) is 3.19. The third-order valence-corrected chi connectivity index (χ3v) is 5.98. The number of amides is 1. The van der Waals surface area contributed by atoms with E-state index in [-0.39, 0.29) is 5.91 Å². The van der Waals surface area contributed by atoms with Crippen LogP contribution in [0.25, 0.3) is 0 Å². The van der Waals surface area contributed by atoms with E-state index >= 15 is 0 Å². The van der Waals surface area contributed by atoms with Crippen molar-refractivity contribution in [1.29, 1.82) is 0 Å². The first-order chi connectivity index (χ1) is 11.5. The Hall–Kier alpha value is -1.66. The summed E-state index contributed by atoms with van der Waals surface area (Å²) < 4.78 is 2.05. The third-order valence-electron chi connectivity index (χ3n) is 4.92. The predicted molar refractivity (Wildman–Crippen MR) is 97.4 cm³/mol. The summed E-state index contributed by atoms with van der Waals surface area (Å²) >= 11 is 1.80. The van der Waals surface area contributed by atoms with Crippen LogP contribution >= 0.6 is 11.3 Å². The van der Waals surface area contributed by atoms with Crippen molar-refractivity contribution in [1.82, 2.24) is 19.8 Å². The Morgan fingerprint density at radius 2 is 2.17 bits per heavy atom. The van der Waals surface area contributed by atoms with Gasteiger partial charge >= 0.3 is 0 Å². The molecule has 0 bridgehead atoms. The standard InChI is InChI=1S/C18H26N4OS/c1-12-17(24-13(2)20-12)11-22-10-6-5-7-15(22)14-8-9-16(21(14)4)18(23)19-3/h8-9,15H,5-7,10-11H2,1-4H3,(H,19,23)/t15-/m1/s1. The zero-order chi connectivity index (χ0) is 17.3. The second kappa shape index (κ2) is 7.07. The lowest BCUT2D eigenvalue weighted by molar-refractivity contribution is 0.0952. The van der Waals surface area contributed by atoms with Gasteiger partial charge in [0, 0.05) is 31.2 Å². The van der Waals surface area contributed by atoms with Crippen LogP contribution in [-0.4, -0.2) is 34.0 Å². The van der Waals surface area contributed by atoms with Gasteiger partial charge in [-0.25, -0.2) is 4.98 Å². The van der Waals surface area contributed by atoms with Gasteiger partial charge in [-0.05, 0) is 45.4 Å². The van der Waals surface area contributed by atoms with Crippen LogP contribution in [0.2, 0.25) is 0 Å². The van der Waals surface area contributed by atoms with Gasteiger partial charge < -0.3 is 9.88 Å². The van der Waals surface area contributed by atoms with Gasteiger partial charge in [0.05, 0.1) is 16.7 Å². The summed E-state index contributed by atoms with van der Waals surface area (Å²) in [6, 6.07) is 4.41. The van der Waals surface area contributed by atoms with E-state index in [1.54, 1.807) is 18.4 Å². The number of thiazole rings is 1. The average Bonchev–Trinajstić information content (AvgIpc) is 3.09. The zero-order valence-corrected chi connectivity index (χ0v) is 15.7. The van der Waals surface area contributed by atoms with E-state index in [9.17, 15) is 4.79 Å². The molecular weight excluding hydrogens is 320 g/mol. The third kappa shape index (κ3) is 3.26. The number of piperidine rings is 1. The molecule has 1 N–H and O–H groups in total. The molecule has 1 aliphatic heterocycles. The minimum absolute atomic E-state index is 0.0277. The number of nitrogens with one attached hydrogen (secondary N) is 1. The van der Waals surface area contributed by atoms with Crippen molar-refractivity contribution in [2.75, 3.05) is 13.6 Å². The number of likely N-dealkylation sites (tertiary alicyclic amines) is 1. The van der Waals surface area contributed by atoms with Crippen LogP contribution in [0.4, 0.5) is 0 Å². The lowest BCUT2D eigenvalue weighted by atomic mass is 9.99. The van der Waals surface area contributed by atoms with Crippen molar-refractivity contribution in [2.45, 2.75) is 45.7 Å². The normalized spacial score (nSPS) is 18.8. The molecule has 1 atom stereocenters. The SMILES string of the molecule is CNC(=O)c1ccc([C@H]2CCCCN2Cc2sc(C)nc2C)n1C. The highest BCUT2D eigenvalue weighted by Crippen LogP contribution is 2.34. The van der Waals surface area contributed by atoms with Gasteiger partial charge in [0.25, 0.3) is 5.91 Å². The Morgan fingerprint density at radius 1 is 1.38 bits per heavy atom. The first kappa shape index (κ1) is 17.2. The van der Waals surface area contributed by atoms with Crippen molar-refractivity contribution in [3.63, 3.8) is 0 Å². The van der Waals surface area contributed by atoms with Crippen LogP contribution < -0.4 is 5.32 Å². The van der Waals surface area contributed by atoms with Crippen molar-refractivity contribution in [3.8, 4) is 0 Å². The number of aromatic nitrogens is 2. The van der Waals surface area contributed by atoms with E-state index in [0.29, 0.717) is 6.04 Å². The van der Waals surface area contributed by atoms with E-state index in [2.05, 4.69) is 35.1 Å². The van der Waals surface area contributed by atoms with Gasteiger partial charge in [-0.3, -0.25) is 9.69 Å². The second-order valence-electron chi connectivity index (χ2n) is 6.51. The summed E-state index contributed by atoms with van der Waals surface area (Å²) in [6.07, 6.45) is 3.62. The molecule has 1 saturated heterocycles. The second-order valence-corrected chi connectivity index (χ2v) is 7.79. The molecule has 1 amide bonds. The Morgan fingerprint density at radius 3 is 2.83 bits per heavy atom. The molecule has 0 radical (unpaired) electrons. The molecule has 6 heteroatoms. The monoisotopic (exact) mass is 346 g/mol. The maximum Gasteiger partial charge on any atom is 0.267 e. The van der Waals surface area contributed by atoms with Crippen LogP contribution in [0.15, 0.2) is 12.1 Å². The van der Waals surface area contributed by atoms with Gasteiger partial charge in [-0.15, -0.1) is 11.3 Å². The number of carbonyl (C=O) groups is 1.